The van der Waals surface area contributed by atoms with Gasteiger partial charge in [0.1, 0.15) is 5.75 Å². The minimum absolute atomic E-state index is 0.137. The van der Waals surface area contributed by atoms with Gasteiger partial charge in [0.2, 0.25) is 5.91 Å². The van der Waals surface area contributed by atoms with Crippen molar-refractivity contribution < 1.29 is 13.9 Å². The molecule has 0 aliphatic heterocycles. The van der Waals surface area contributed by atoms with Gasteiger partial charge in [0, 0.05) is 11.1 Å². The average Bonchev–Trinajstić information content (AvgIpc) is 3.21. The summed E-state index contributed by atoms with van der Waals surface area (Å²) in [5, 5.41) is 13.3. The number of amides is 1. The number of aromatic nitrogens is 2. The summed E-state index contributed by atoms with van der Waals surface area (Å²) in [5.74, 6) is 1.15. The Bertz CT molecular complexity index is 1180. The number of hydrogen-bond acceptors (Lipinski definition) is 6. The molecule has 0 radical (unpaired) electrons. The summed E-state index contributed by atoms with van der Waals surface area (Å²) in [6, 6.07) is 19.6. The number of hydrogen-bond donors (Lipinski definition) is 1. The first-order valence-corrected chi connectivity index (χ1v) is 10.5. The Hall–Kier alpha value is -3.32. The van der Waals surface area contributed by atoms with Gasteiger partial charge < -0.3 is 14.5 Å². The lowest BCUT2D eigenvalue weighted by Crippen LogP contribution is -2.14. The van der Waals surface area contributed by atoms with Crippen molar-refractivity contribution in [1.29, 1.82) is 0 Å². The second kappa shape index (κ2) is 9.00. The van der Waals surface area contributed by atoms with Gasteiger partial charge in [-0.1, -0.05) is 54.2 Å². The van der Waals surface area contributed by atoms with Crippen LogP contribution in [-0.4, -0.2) is 21.9 Å². The number of nitrogens with one attached hydrogen (secondary N) is 1. The molecule has 4 rings (SSSR count). The van der Waals surface area contributed by atoms with Crippen molar-refractivity contribution in [2.45, 2.75) is 25.7 Å². The molecule has 0 saturated heterocycles. The standard InChI is InChI=1S/C23H21N3O3S/c1-15-10-11-18(12-16(15)2)28-13-22-25-26-23(29-22)30-14-21(27)24-20-9-5-7-17-6-3-4-8-19(17)20/h3-12H,13-14H2,1-2H3,(H,24,27). The molecule has 0 spiro atoms. The van der Waals surface area contributed by atoms with E-state index in [0.29, 0.717) is 11.1 Å². The van der Waals surface area contributed by atoms with E-state index in [4.69, 9.17) is 9.15 Å². The largest absolute Gasteiger partial charge is 0.484 e. The molecule has 1 aromatic heterocycles. The summed E-state index contributed by atoms with van der Waals surface area (Å²) in [7, 11) is 0. The van der Waals surface area contributed by atoms with Crippen molar-refractivity contribution in [3.05, 3.63) is 77.7 Å². The van der Waals surface area contributed by atoms with E-state index in [1.165, 1.54) is 17.3 Å². The summed E-state index contributed by atoms with van der Waals surface area (Å²) in [6.45, 7) is 4.27. The Morgan fingerprint density at radius 2 is 1.87 bits per heavy atom. The van der Waals surface area contributed by atoms with E-state index in [-0.39, 0.29) is 18.3 Å². The minimum Gasteiger partial charge on any atom is -0.484 e. The van der Waals surface area contributed by atoms with Gasteiger partial charge in [-0.2, -0.15) is 0 Å². The maximum atomic E-state index is 12.4. The molecule has 152 valence electrons. The SMILES string of the molecule is Cc1ccc(OCc2nnc(SCC(=O)Nc3cccc4ccccc34)o2)cc1C. The topological polar surface area (TPSA) is 77.2 Å². The second-order valence-corrected chi connectivity index (χ2v) is 7.79. The molecule has 3 aromatic carbocycles. The van der Waals surface area contributed by atoms with Crippen LogP contribution in [0.2, 0.25) is 0 Å². The lowest BCUT2D eigenvalue weighted by atomic mass is 10.1. The highest BCUT2D eigenvalue weighted by atomic mass is 32.2. The van der Waals surface area contributed by atoms with Crippen molar-refractivity contribution >= 4 is 34.1 Å². The molecule has 6 nitrogen and oxygen atoms in total. The van der Waals surface area contributed by atoms with Gasteiger partial charge in [0.05, 0.1) is 5.75 Å². The normalized spacial score (nSPS) is 10.9. The van der Waals surface area contributed by atoms with Crippen LogP contribution in [0.25, 0.3) is 10.8 Å². The van der Waals surface area contributed by atoms with Crippen molar-refractivity contribution in [3.8, 4) is 5.75 Å². The molecule has 0 atom stereocenters. The molecule has 0 saturated carbocycles. The van der Waals surface area contributed by atoms with Crippen LogP contribution in [0.1, 0.15) is 17.0 Å². The third-order valence-corrected chi connectivity index (χ3v) is 5.50. The highest BCUT2D eigenvalue weighted by Crippen LogP contribution is 2.24. The number of anilines is 1. The zero-order valence-corrected chi connectivity index (χ0v) is 17.5. The zero-order valence-electron chi connectivity index (χ0n) is 16.7. The molecule has 7 heteroatoms. The summed E-state index contributed by atoms with van der Waals surface area (Å²) >= 11 is 1.19. The first-order valence-electron chi connectivity index (χ1n) is 9.51. The van der Waals surface area contributed by atoms with Gasteiger partial charge in [-0.05, 0) is 48.6 Å². The van der Waals surface area contributed by atoms with Crippen LogP contribution in [0.15, 0.2) is 70.3 Å². The van der Waals surface area contributed by atoms with E-state index < -0.39 is 0 Å². The Labute approximate surface area is 178 Å². The molecule has 0 unspecified atom stereocenters. The van der Waals surface area contributed by atoms with E-state index in [1.807, 2.05) is 67.6 Å². The number of thioether (sulfide) groups is 1. The Kier molecular flexibility index (Phi) is 5.99. The van der Waals surface area contributed by atoms with Crippen molar-refractivity contribution in [2.75, 3.05) is 11.1 Å². The number of fused-ring (bicyclic) bond motifs is 1. The Balaban J connectivity index is 1.30. The molecular weight excluding hydrogens is 398 g/mol. The molecule has 0 fully saturated rings. The van der Waals surface area contributed by atoms with Crippen LogP contribution in [0.4, 0.5) is 5.69 Å². The van der Waals surface area contributed by atoms with Gasteiger partial charge in [0.15, 0.2) is 6.61 Å². The average molecular weight is 420 g/mol. The number of aryl methyl sites for hydroxylation is 2. The van der Waals surface area contributed by atoms with Crippen molar-refractivity contribution in [2.24, 2.45) is 0 Å². The highest BCUT2D eigenvalue weighted by Gasteiger charge is 2.11. The Morgan fingerprint density at radius 1 is 1.03 bits per heavy atom. The number of benzene rings is 3. The first kappa shape index (κ1) is 20.0. The molecule has 1 heterocycles. The molecule has 30 heavy (non-hydrogen) atoms. The van der Waals surface area contributed by atoms with Crippen LogP contribution in [0.3, 0.4) is 0 Å². The molecule has 1 N–H and O–H groups in total. The van der Waals surface area contributed by atoms with Gasteiger partial charge in [-0.15, -0.1) is 10.2 Å². The molecule has 0 aliphatic carbocycles. The number of rotatable bonds is 7. The fourth-order valence-corrected chi connectivity index (χ4v) is 3.53. The van der Waals surface area contributed by atoms with Crippen LogP contribution in [0, 0.1) is 13.8 Å². The predicted molar refractivity (Wildman–Crippen MR) is 118 cm³/mol. The van der Waals surface area contributed by atoms with Gasteiger partial charge in [-0.25, -0.2) is 0 Å². The summed E-state index contributed by atoms with van der Waals surface area (Å²) in [6.07, 6.45) is 0. The molecule has 0 bridgehead atoms. The lowest BCUT2D eigenvalue weighted by Gasteiger charge is -2.08. The van der Waals surface area contributed by atoms with E-state index in [2.05, 4.69) is 22.4 Å². The van der Waals surface area contributed by atoms with Crippen LogP contribution in [0.5, 0.6) is 5.75 Å². The first-order chi connectivity index (χ1) is 14.6. The number of carbonyl (C=O) groups excluding carboxylic acids is 1. The fraction of sp³-hybridized carbons (Fsp3) is 0.174. The fourth-order valence-electron chi connectivity index (χ4n) is 2.95. The Morgan fingerprint density at radius 3 is 2.73 bits per heavy atom. The monoisotopic (exact) mass is 419 g/mol. The quantitative estimate of drug-likeness (QED) is 0.418. The van der Waals surface area contributed by atoms with Gasteiger partial charge in [0.25, 0.3) is 11.1 Å². The van der Waals surface area contributed by atoms with E-state index in [9.17, 15) is 4.79 Å². The van der Waals surface area contributed by atoms with Crippen molar-refractivity contribution in [1.82, 2.24) is 10.2 Å². The number of carbonyl (C=O) groups is 1. The van der Waals surface area contributed by atoms with E-state index in [0.717, 1.165) is 27.8 Å². The number of nitrogens with zero attached hydrogens (tertiary/aromatic N) is 2. The van der Waals surface area contributed by atoms with Crippen LogP contribution < -0.4 is 10.1 Å². The third-order valence-electron chi connectivity index (χ3n) is 4.68. The zero-order chi connectivity index (χ0) is 20.9. The number of ether oxygens (including phenoxy) is 1. The van der Waals surface area contributed by atoms with Gasteiger partial charge >= 0.3 is 0 Å². The molecule has 4 aromatic rings. The second-order valence-electron chi connectivity index (χ2n) is 6.86. The summed E-state index contributed by atoms with van der Waals surface area (Å²) < 4.78 is 11.3. The van der Waals surface area contributed by atoms with Crippen molar-refractivity contribution in [3.63, 3.8) is 0 Å². The maximum absolute atomic E-state index is 12.4. The van der Waals surface area contributed by atoms with E-state index in [1.54, 1.807) is 0 Å². The molecule has 1 amide bonds. The molecule has 0 aliphatic rings. The predicted octanol–water partition coefficient (Wildman–Crippen LogP) is 5.15. The minimum atomic E-state index is -0.137. The van der Waals surface area contributed by atoms with Crippen LogP contribution >= 0.6 is 11.8 Å². The van der Waals surface area contributed by atoms with E-state index >= 15 is 0 Å². The maximum Gasteiger partial charge on any atom is 0.277 e. The lowest BCUT2D eigenvalue weighted by molar-refractivity contribution is -0.113. The molecular formula is C23H21N3O3S. The summed E-state index contributed by atoms with van der Waals surface area (Å²) in [4.78, 5) is 12.4. The highest BCUT2D eigenvalue weighted by molar-refractivity contribution is 7.99. The summed E-state index contributed by atoms with van der Waals surface area (Å²) in [5.41, 5.74) is 3.15. The van der Waals surface area contributed by atoms with Crippen LogP contribution in [-0.2, 0) is 11.4 Å². The van der Waals surface area contributed by atoms with Gasteiger partial charge in [-0.3, -0.25) is 4.79 Å². The third kappa shape index (κ3) is 4.80. The smallest absolute Gasteiger partial charge is 0.277 e.